The first-order valence-corrected chi connectivity index (χ1v) is 5.29. The van der Waals surface area contributed by atoms with E-state index in [0.29, 0.717) is 12.0 Å². The second kappa shape index (κ2) is 6.29. The molecule has 0 aliphatic heterocycles. The molecular formula is C12H15N5O. The third-order valence-electron chi connectivity index (χ3n) is 2.49. The number of carbonyl (C=O) groups is 1. The molecule has 0 saturated carbocycles. The molecule has 18 heavy (non-hydrogen) atoms. The third-order valence-corrected chi connectivity index (χ3v) is 2.49. The highest BCUT2D eigenvalue weighted by Crippen LogP contribution is 2.12. The van der Waals surface area contributed by atoms with Crippen LogP contribution in [0.5, 0.6) is 0 Å². The molecule has 1 aromatic rings. The summed E-state index contributed by atoms with van der Waals surface area (Å²) in [6.07, 6.45) is 2.02. The fourth-order valence-corrected chi connectivity index (χ4v) is 1.47. The predicted molar refractivity (Wildman–Crippen MR) is 68.9 cm³/mol. The van der Waals surface area contributed by atoms with Gasteiger partial charge in [0, 0.05) is 5.56 Å². The zero-order valence-corrected chi connectivity index (χ0v) is 9.84. The lowest BCUT2D eigenvalue weighted by atomic mass is 9.98. The average Bonchev–Trinajstić information content (AvgIpc) is 2.36. The Hall–Kier alpha value is -2.50. The Morgan fingerprint density at radius 1 is 1.44 bits per heavy atom. The number of benzene rings is 1. The lowest BCUT2D eigenvalue weighted by Gasteiger charge is -2.08. The minimum absolute atomic E-state index is 0.0146. The van der Waals surface area contributed by atoms with Crippen molar-refractivity contribution in [3.05, 3.63) is 48.0 Å². The summed E-state index contributed by atoms with van der Waals surface area (Å²) >= 11 is 0. The van der Waals surface area contributed by atoms with Crippen LogP contribution in [0.4, 0.5) is 0 Å². The number of nitrogens with two attached hydrogens (primary N) is 2. The summed E-state index contributed by atoms with van der Waals surface area (Å²) in [5.41, 5.74) is 6.76. The number of primary amides is 1. The first-order valence-electron chi connectivity index (χ1n) is 5.29. The van der Waals surface area contributed by atoms with Gasteiger partial charge in [-0.3, -0.25) is 10.2 Å². The fourth-order valence-electron chi connectivity index (χ4n) is 1.47. The summed E-state index contributed by atoms with van der Waals surface area (Å²) in [6.45, 7) is 3.57. The Morgan fingerprint density at radius 3 is 2.50 bits per heavy atom. The van der Waals surface area contributed by atoms with Crippen LogP contribution in [0.2, 0.25) is 0 Å². The van der Waals surface area contributed by atoms with E-state index in [1.165, 1.54) is 6.08 Å². The van der Waals surface area contributed by atoms with E-state index in [-0.39, 0.29) is 11.8 Å². The molecule has 1 aromatic carbocycles. The van der Waals surface area contributed by atoms with Crippen LogP contribution in [0.3, 0.4) is 0 Å². The second-order valence-corrected chi connectivity index (χ2v) is 3.71. The van der Waals surface area contributed by atoms with Gasteiger partial charge in [0.1, 0.15) is 0 Å². The first-order chi connectivity index (χ1) is 8.58. The molecule has 0 saturated heterocycles. The molecule has 0 unspecified atom stereocenters. The molecule has 5 N–H and O–H groups in total. The van der Waals surface area contributed by atoms with Crippen LogP contribution in [-0.4, -0.2) is 11.7 Å². The molecule has 0 aromatic heterocycles. The Morgan fingerprint density at radius 2 is 2.06 bits per heavy atom. The van der Waals surface area contributed by atoms with Crippen molar-refractivity contribution < 1.29 is 4.79 Å². The van der Waals surface area contributed by atoms with Gasteiger partial charge in [-0.1, -0.05) is 35.6 Å². The topological polar surface area (TPSA) is 118 Å². The highest BCUT2D eigenvalue weighted by molar-refractivity contribution is 5.96. The molecule has 1 amide bonds. The molecule has 94 valence electrons. The Balaban J connectivity index is 2.80. The minimum atomic E-state index is -0.404. The van der Waals surface area contributed by atoms with Gasteiger partial charge in [-0.2, -0.15) is 0 Å². The number of rotatable bonds is 5. The third kappa shape index (κ3) is 3.51. The fraction of sp³-hybridized carbons (Fsp3) is 0.167. The van der Waals surface area contributed by atoms with Gasteiger partial charge in [-0.05, 0) is 12.0 Å². The van der Waals surface area contributed by atoms with Crippen LogP contribution >= 0.6 is 0 Å². The maximum absolute atomic E-state index is 11.1. The Labute approximate surface area is 105 Å². The first kappa shape index (κ1) is 13.6. The minimum Gasteiger partial charge on any atom is -0.369 e. The van der Waals surface area contributed by atoms with Gasteiger partial charge >= 0.3 is 0 Å². The van der Waals surface area contributed by atoms with Crippen LogP contribution in [0.1, 0.15) is 11.1 Å². The molecule has 0 radical (unpaired) electrons. The number of carbonyl (C=O) groups excluding carboxylic acids is 1. The number of amidine groups is 1. The van der Waals surface area contributed by atoms with E-state index in [4.69, 9.17) is 17.0 Å². The SMILES string of the molecule is C=C[C@@H](Cc1ccc(C(=N)N=NN)cc1)C(N)=O. The standard InChI is InChI=1S/C12H15N5O/c1-2-9(12(14)18)7-8-3-5-10(6-4-8)11(13)16-17-15/h2-6,9H,1,7H2,(H2,14,18)(H3,13,15,16)/t9-/m0/s1. The van der Waals surface area contributed by atoms with Crippen molar-refractivity contribution in [2.45, 2.75) is 6.42 Å². The second-order valence-electron chi connectivity index (χ2n) is 3.71. The van der Waals surface area contributed by atoms with Crippen LogP contribution in [0.25, 0.3) is 0 Å². The molecule has 0 bridgehead atoms. The summed E-state index contributed by atoms with van der Waals surface area (Å²) in [6, 6.07) is 7.03. The summed E-state index contributed by atoms with van der Waals surface area (Å²) < 4.78 is 0. The normalized spacial score (nSPS) is 12.2. The van der Waals surface area contributed by atoms with E-state index in [1.807, 2.05) is 0 Å². The lowest BCUT2D eigenvalue weighted by molar-refractivity contribution is -0.120. The summed E-state index contributed by atoms with van der Waals surface area (Å²) in [5, 5.41) is 14.0. The van der Waals surface area contributed by atoms with Gasteiger partial charge in [-0.25, -0.2) is 0 Å². The summed E-state index contributed by atoms with van der Waals surface area (Å²) in [7, 11) is 0. The highest BCUT2D eigenvalue weighted by atomic mass is 16.1. The number of nitrogens with one attached hydrogen (secondary N) is 1. The van der Waals surface area contributed by atoms with E-state index >= 15 is 0 Å². The number of amides is 1. The molecular weight excluding hydrogens is 230 g/mol. The van der Waals surface area contributed by atoms with Crippen molar-refractivity contribution in [1.29, 1.82) is 5.41 Å². The van der Waals surface area contributed by atoms with Crippen molar-refractivity contribution >= 4 is 11.7 Å². The quantitative estimate of drug-likeness (QED) is 0.180. The maximum Gasteiger partial charge on any atom is 0.224 e. The monoisotopic (exact) mass is 245 g/mol. The number of hydrogen-bond donors (Lipinski definition) is 3. The maximum atomic E-state index is 11.1. The Kier molecular flexibility index (Phi) is 4.74. The summed E-state index contributed by atoms with van der Waals surface area (Å²) in [4.78, 5) is 11.1. The number of hydrogen-bond acceptors (Lipinski definition) is 3. The van der Waals surface area contributed by atoms with Gasteiger partial charge in [-0.15, -0.1) is 11.7 Å². The molecule has 1 rings (SSSR count). The van der Waals surface area contributed by atoms with Gasteiger partial charge in [0.05, 0.1) is 5.92 Å². The largest absolute Gasteiger partial charge is 0.369 e. The van der Waals surface area contributed by atoms with Crippen LogP contribution < -0.4 is 11.6 Å². The van der Waals surface area contributed by atoms with E-state index in [1.54, 1.807) is 24.3 Å². The van der Waals surface area contributed by atoms with Crippen molar-refractivity contribution in [1.82, 2.24) is 0 Å². The van der Waals surface area contributed by atoms with Crippen molar-refractivity contribution in [2.75, 3.05) is 0 Å². The van der Waals surface area contributed by atoms with Gasteiger partial charge in [0.25, 0.3) is 0 Å². The zero-order chi connectivity index (χ0) is 13.5. The van der Waals surface area contributed by atoms with E-state index in [9.17, 15) is 4.79 Å². The average molecular weight is 245 g/mol. The molecule has 0 fully saturated rings. The van der Waals surface area contributed by atoms with Crippen molar-refractivity contribution in [2.24, 2.45) is 27.8 Å². The molecule has 0 heterocycles. The molecule has 6 nitrogen and oxygen atoms in total. The van der Waals surface area contributed by atoms with Gasteiger partial charge in [0.15, 0.2) is 5.84 Å². The van der Waals surface area contributed by atoms with E-state index in [0.717, 1.165) is 5.56 Å². The number of nitrogens with zero attached hydrogens (tertiary/aromatic N) is 2. The molecule has 6 heteroatoms. The van der Waals surface area contributed by atoms with Crippen molar-refractivity contribution in [3.8, 4) is 0 Å². The van der Waals surface area contributed by atoms with E-state index < -0.39 is 5.91 Å². The zero-order valence-electron chi connectivity index (χ0n) is 9.84. The van der Waals surface area contributed by atoms with Crippen LogP contribution in [0, 0.1) is 11.3 Å². The molecule has 0 aliphatic rings. The van der Waals surface area contributed by atoms with Crippen LogP contribution in [-0.2, 0) is 11.2 Å². The predicted octanol–water partition coefficient (Wildman–Crippen LogP) is 1.17. The molecule has 0 spiro atoms. The molecule has 1 atom stereocenters. The molecule has 0 aliphatic carbocycles. The van der Waals surface area contributed by atoms with Crippen molar-refractivity contribution in [3.63, 3.8) is 0 Å². The Bertz CT molecular complexity index is 478. The van der Waals surface area contributed by atoms with Gasteiger partial charge in [0.2, 0.25) is 5.91 Å². The summed E-state index contributed by atoms with van der Waals surface area (Å²) in [5.74, 6) is 4.06. The lowest BCUT2D eigenvalue weighted by Crippen LogP contribution is -2.23. The van der Waals surface area contributed by atoms with E-state index in [2.05, 4.69) is 16.9 Å². The smallest absolute Gasteiger partial charge is 0.224 e. The highest BCUT2D eigenvalue weighted by Gasteiger charge is 2.11. The van der Waals surface area contributed by atoms with Crippen LogP contribution in [0.15, 0.2) is 47.3 Å². The van der Waals surface area contributed by atoms with Gasteiger partial charge < -0.3 is 11.6 Å².